The Labute approximate surface area is 120 Å². The van der Waals surface area contributed by atoms with Crippen LogP contribution in [0.4, 0.5) is 0 Å². The SMILES string of the molecule is CC(C)C1(C)CNCC(c2ccc3c(c2)OCCO3)O1. The molecule has 2 unspecified atom stereocenters. The molecule has 4 nitrogen and oxygen atoms in total. The number of hydrogen-bond donors (Lipinski definition) is 1. The van der Waals surface area contributed by atoms with Crippen LogP contribution in [-0.2, 0) is 4.74 Å². The van der Waals surface area contributed by atoms with Crippen LogP contribution in [0, 0.1) is 5.92 Å². The molecule has 0 radical (unpaired) electrons. The van der Waals surface area contributed by atoms with E-state index < -0.39 is 0 Å². The Bertz CT molecular complexity index is 489. The summed E-state index contributed by atoms with van der Waals surface area (Å²) in [4.78, 5) is 0. The van der Waals surface area contributed by atoms with E-state index in [4.69, 9.17) is 14.2 Å². The zero-order chi connectivity index (χ0) is 14.2. The van der Waals surface area contributed by atoms with Gasteiger partial charge in [-0.25, -0.2) is 0 Å². The molecule has 0 saturated carbocycles. The fourth-order valence-corrected chi connectivity index (χ4v) is 2.65. The van der Waals surface area contributed by atoms with Crippen molar-refractivity contribution < 1.29 is 14.2 Å². The van der Waals surface area contributed by atoms with Crippen molar-refractivity contribution >= 4 is 0 Å². The molecular weight excluding hydrogens is 254 g/mol. The van der Waals surface area contributed by atoms with E-state index in [0.717, 1.165) is 30.2 Å². The third kappa shape index (κ3) is 2.50. The molecule has 0 bridgehead atoms. The molecule has 110 valence electrons. The molecule has 3 rings (SSSR count). The Morgan fingerprint density at radius 2 is 1.95 bits per heavy atom. The molecule has 1 aromatic carbocycles. The second-order valence-corrected chi connectivity index (χ2v) is 6.11. The minimum Gasteiger partial charge on any atom is -0.486 e. The van der Waals surface area contributed by atoms with Gasteiger partial charge < -0.3 is 19.5 Å². The second kappa shape index (κ2) is 5.26. The van der Waals surface area contributed by atoms with Crippen molar-refractivity contribution in [2.24, 2.45) is 5.92 Å². The predicted molar refractivity (Wildman–Crippen MR) is 77.4 cm³/mol. The second-order valence-electron chi connectivity index (χ2n) is 6.11. The van der Waals surface area contributed by atoms with E-state index in [1.165, 1.54) is 0 Å². The molecule has 2 atom stereocenters. The van der Waals surface area contributed by atoms with E-state index in [-0.39, 0.29) is 11.7 Å². The van der Waals surface area contributed by atoms with E-state index in [0.29, 0.717) is 19.1 Å². The van der Waals surface area contributed by atoms with E-state index in [1.807, 2.05) is 12.1 Å². The normalized spacial score (nSPS) is 29.5. The number of rotatable bonds is 2. The van der Waals surface area contributed by atoms with Crippen molar-refractivity contribution in [2.75, 3.05) is 26.3 Å². The largest absolute Gasteiger partial charge is 0.486 e. The zero-order valence-corrected chi connectivity index (χ0v) is 12.4. The maximum Gasteiger partial charge on any atom is 0.161 e. The van der Waals surface area contributed by atoms with E-state index in [2.05, 4.69) is 32.2 Å². The van der Waals surface area contributed by atoms with Gasteiger partial charge in [0.05, 0.1) is 11.7 Å². The quantitative estimate of drug-likeness (QED) is 0.901. The smallest absolute Gasteiger partial charge is 0.161 e. The third-order valence-corrected chi connectivity index (χ3v) is 4.38. The van der Waals surface area contributed by atoms with Crippen LogP contribution >= 0.6 is 0 Å². The molecule has 2 aliphatic heterocycles. The standard InChI is InChI=1S/C16H23NO3/c1-11(2)16(3)10-17-9-15(20-16)12-4-5-13-14(8-12)19-7-6-18-13/h4-5,8,11,15,17H,6-7,9-10H2,1-3H3. The van der Waals surface area contributed by atoms with Crippen molar-refractivity contribution in [3.8, 4) is 11.5 Å². The highest BCUT2D eigenvalue weighted by molar-refractivity contribution is 5.44. The predicted octanol–water partition coefficient (Wildman–Crippen LogP) is 2.53. The molecule has 1 saturated heterocycles. The molecule has 1 fully saturated rings. The lowest BCUT2D eigenvalue weighted by Gasteiger charge is -2.42. The van der Waals surface area contributed by atoms with Gasteiger partial charge in [-0.15, -0.1) is 0 Å². The van der Waals surface area contributed by atoms with Gasteiger partial charge in [0.25, 0.3) is 0 Å². The van der Waals surface area contributed by atoms with Crippen molar-refractivity contribution in [1.82, 2.24) is 5.32 Å². The fraction of sp³-hybridized carbons (Fsp3) is 0.625. The van der Waals surface area contributed by atoms with Gasteiger partial charge in [-0.3, -0.25) is 0 Å². The average molecular weight is 277 g/mol. The average Bonchev–Trinajstić information content (AvgIpc) is 2.46. The number of nitrogens with one attached hydrogen (secondary N) is 1. The Hall–Kier alpha value is -1.26. The lowest BCUT2D eigenvalue weighted by Crippen LogP contribution is -2.52. The Morgan fingerprint density at radius 1 is 1.20 bits per heavy atom. The molecule has 0 aliphatic carbocycles. The Kier molecular flexibility index (Phi) is 3.61. The lowest BCUT2D eigenvalue weighted by molar-refractivity contribution is -0.132. The minimum absolute atomic E-state index is 0.0620. The van der Waals surface area contributed by atoms with Crippen molar-refractivity contribution in [3.63, 3.8) is 0 Å². The summed E-state index contributed by atoms with van der Waals surface area (Å²) in [6.45, 7) is 9.55. The third-order valence-electron chi connectivity index (χ3n) is 4.38. The summed E-state index contributed by atoms with van der Waals surface area (Å²) >= 11 is 0. The highest BCUT2D eigenvalue weighted by Gasteiger charge is 2.36. The number of hydrogen-bond acceptors (Lipinski definition) is 4. The van der Waals surface area contributed by atoms with Gasteiger partial charge in [-0.05, 0) is 30.5 Å². The van der Waals surface area contributed by atoms with Crippen molar-refractivity contribution in [1.29, 1.82) is 0 Å². The van der Waals surface area contributed by atoms with Gasteiger partial charge in [-0.1, -0.05) is 19.9 Å². The lowest BCUT2D eigenvalue weighted by atomic mass is 9.89. The molecule has 2 heterocycles. The first-order valence-corrected chi connectivity index (χ1v) is 7.36. The van der Waals surface area contributed by atoms with Gasteiger partial charge in [0.2, 0.25) is 0 Å². The van der Waals surface area contributed by atoms with Gasteiger partial charge in [0.1, 0.15) is 13.2 Å². The number of ether oxygens (including phenoxy) is 3. The summed E-state index contributed by atoms with van der Waals surface area (Å²) in [5.74, 6) is 2.12. The zero-order valence-electron chi connectivity index (χ0n) is 12.4. The number of morpholine rings is 1. The summed E-state index contributed by atoms with van der Waals surface area (Å²) in [5, 5.41) is 3.49. The van der Waals surface area contributed by atoms with Crippen LogP contribution < -0.4 is 14.8 Å². The highest BCUT2D eigenvalue weighted by atomic mass is 16.6. The Balaban J connectivity index is 1.82. The maximum atomic E-state index is 6.35. The summed E-state index contributed by atoms with van der Waals surface area (Å²) in [5.41, 5.74) is 1.02. The molecule has 20 heavy (non-hydrogen) atoms. The molecular formula is C16H23NO3. The first kappa shape index (κ1) is 13.7. The van der Waals surface area contributed by atoms with Crippen LogP contribution in [0.25, 0.3) is 0 Å². The van der Waals surface area contributed by atoms with Crippen LogP contribution in [0.15, 0.2) is 18.2 Å². The van der Waals surface area contributed by atoms with Gasteiger partial charge >= 0.3 is 0 Å². The van der Waals surface area contributed by atoms with Crippen LogP contribution in [0.2, 0.25) is 0 Å². The van der Waals surface area contributed by atoms with Gasteiger partial charge in [-0.2, -0.15) is 0 Å². The Morgan fingerprint density at radius 3 is 2.70 bits per heavy atom. The van der Waals surface area contributed by atoms with E-state index >= 15 is 0 Å². The maximum absolute atomic E-state index is 6.35. The van der Waals surface area contributed by atoms with E-state index in [1.54, 1.807) is 0 Å². The molecule has 0 aromatic heterocycles. The summed E-state index contributed by atoms with van der Waals surface area (Å²) in [7, 11) is 0. The molecule has 2 aliphatic rings. The molecule has 4 heteroatoms. The molecule has 0 spiro atoms. The van der Waals surface area contributed by atoms with Crippen LogP contribution in [0.3, 0.4) is 0 Å². The monoisotopic (exact) mass is 277 g/mol. The topological polar surface area (TPSA) is 39.7 Å². The van der Waals surface area contributed by atoms with Crippen molar-refractivity contribution in [3.05, 3.63) is 23.8 Å². The highest BCUT2D eigenvalue weighted by Crippen LogP contribution is 2.37. The number of benzene rings is 1. The summed E-state index contributed by atoms with van der Waals surface area (Å²) < 4.78 is 17.6. The van der Waals surface area contributed by atoms with Crippen LogP contribution in [-0.4, -0.2) is 31.9 Å². The van der Waals surface area contributed by atoms with Gasteiger partial charge in [0, 0.05) is 13.1 Å². The van der Waals surface area contributed by atoms with E-state index in [9.17, 15) is 0 Å². The minimum atomic E-state index is -0.129. The molecule has 1 aromatic rings. The summed E-state index contributed by atoms with van der Waals surface area (Å²) in [6.07, 6.45) is 0.0620. The fourth-order valence-electron chi connectivity index (χ4n) is 2.65. The van der Waals surface area contributed by atoms with Crippen molar-refractivity contribution in [2.45, 2.75) is 32.5 Å². The molecule has 0 amide bonds. The molecule has 1 N–H and O–H groups in total. The van der Waals surface area contributed by atoms with Crippen LogP contribution in [0.1, 0.15) is 32.4 Å². The first-order valence-electron chi connectivity index (χ1n) is 7.36. The first-order chi connectivity index (χ1) is 9.58. The van der Waals surface area contributed by atoms with Gasteiger partial charge in [0.15, 0.2) is 11.5 Å². The summed E-state index contributed by atoms with van der Waals surface area (Å²) in [6, 6.07) is 6.10. The van der Waals surface area contributed by atoms with Crippen LogP contribution in [0.5, 0.6) is 11.5 Å². The number of fused-ring (bicyclic) bond motifs is 1.